The van der Waals surface area contributed by atoms with Crippen LogP contribution >= 0.6 is 27.3 Å². The Balaban J connectivity index is 2.39. The Labute approximate surface area is 118 Å². The number of aromatic hydroxyl groups is 1. The number of benzene rings is 1. The number of halogens is 1. The molecule has 0 saturated carbocycles. The molecule has 0 radical (unpaired) electrons. The van der Waals surface area contributed by atoms with Crippen LogP contribution in [0.4, 0.5) is 0 Å². The van der Waals surface area contributed by atoms with Gasteiger partial charge >= 0.3 is 0 Å². The summed E-state index contributed by atoms with van der Waals surface area (Å²) in [4.78, 5) is 0. The zero-order valence-electron chi connectivity index (χ0n) is 9.89. The second-order valence-electron chi connectivity index (χ2n) is 3.82. The van der Waals surface area contributed by atoms with Crippen LogP contribution < -0.4 is 10.5 Å². The van der Waals surface area contributed by atoms with Crippen LogP contribution in [0, 0.1) is 0 Å². The average Bonchev–Trinajstić information content (AvgIpc) is 2.87. The van der Waals surface area contributed by atoms with E-state index < -0.39 is 0 Å². The van der Waals surface area contributed by atoms with Crippen molar-refractivity contribution in [3.05, 3.63) is 44.6 Å². The molecule has 0 saturated heterocycles. The van der Waals surface area contributed by atoms with E-state index in [-0.39, 0.29) is 11.8 Å². The molecule has 5 heteroatoms. The van der Waals surface area contributed by atoms with Gasteiger partial charge in [0.05, 0.1) is 17.1 Å². The van der Waals surface area contributed by atoms with Crippen molar-refractivity contribution in [3.8, 4) is 11.5 Å². The van der Waals surface area contributed by atoms with Gasteiger partial charge < -0.3 is 15.6 Å². The molecule has 0 unspecified atom stereocenters. The van der Waals surface area contributed by atoms with Gasteiger partial charge in [0, 0.05) is 0 Å². The van der Waals surface area contributed by atoms with Crippen LogP contribution in [0.5, 0.6) is 11.5 Å². The summed E-state index contributed by atoms with van der Waals surface area (Å²) in [6.07, 6.45) is 0. The van der Waals surface area contributed by atoms with Gasteiger partial charge in [0.15, 0.2) is 11.5 Å². The molecule has 18 heavy (non-hydrogen) atoms. The fourth-order valence-electron chi connectivity index (χ4n) is 1.68. The highest BCUT2D eigenvalue weighted by atomic mass is 79.9. The first-order valence-corrected chi connectivity index (χ1v) is 7.30. The van der Waals surface area contributed by atoms with E-state index >= 15 is 0 Å². The molecule has 3 nitrogen and oxygen atoms in total. The first kappa shape index (κ1) is 13.4. The minimum atomic E-state index is -0.215. The standard InChI is InChI=1S/C13H14BrNO2S/c1-2-17-11-6-9(5-10(14)13(11)16)12(15)8-3-4-18-7-8/h3-7,12,16H,2,15H2,1H3/t12-/m0/s1. The summed E-state index contributed by atoms with van der Waals surface area (Å²) in [6.45, 7) is 2.37. The summed E-state index contributed by atoms with van der Waals surface area (Å²) in [6, 6.07) is 5.38. The van der Waals surface area contributed by atoms with E-state index in [2.05, 4.69) is 15.9 Å². The number of phenols is 1. The summed E-state index contributed by atoms with van der Waals surface area (Å²) >= 11 is 4.93. The molecule has 2 rings (SSSR count). The van der Waals surface area contributed by atoms with Crippen molar-refractivity contribution in [2.45, 2.75) is 13.0 Å². The Bertz CT molecular complexity index is 528. The van der Waals surface area contributed by atoms with Gasteiger partial charge in [0.1, 0.15) is 0 Å². The molecule has 0 spiro atoms. The van der Waals surface area contributed by atoms with E-state index in [0.717, 1.165) is 11.1 Å². The predicted octanol–water partition coefficient (Wildman–Crippen LogP) is 3.66. The van der Waals surface area contributed by atoms with E-state index in [9.17, 15) is 5.11 Å². The Kier molecular flexibility index (Phi) is 4.27. The zero-order valence-corrected chi connectivity index (χ0v) is 12.3. The Morgan fingerprint density at radius 3 is 2.83 bits per heavy atom. The van der Waals surface area contributed by atoms with Gasteiger partial charge in [-0.2, -0.15) is 11.3 Å². The lowest BCUT2D eigenvalue weighted by atomic mass is 10.0. The predicted molar refractivity (Wildman–Crippen MR) is 77.3 cm³/mol. The molecule has 0 fully saturated rings. The summed E-state index contributed by atoms with van der Waals surface area (Å²) in [5.41, 5.74) is 8.15. The second-order valence-corrected chi connectivity index (χ2v) is 5.45. The molecule has 96 valence electrons. The number of thiophene rings is 1. The molecule has 0 amide bonds. The number of rotatable bonds is 4. The van der Waals surface area contributed by atoms with Gasteiger partial charge in [-0.05, 0) is 62.9 Å². The van der Waals surface area contributed by atoms with Crippen LogP contribution in [0.2, 0.25) is 0 Å². The lowest BCUT2D eigenvalue weighted by Crippen LogP contribution is -2.11. The molecule has 1 heterocycles. The van der Waals surface area contributed by atoms with Crippen molar-refractivity contribution in [1.82, 2.24) is 0 Å². The van der Waals surface area contributed by atoms with Gasteiger partial charge in [0.2, 0.25) is 0 Å². The number of hydrogen-bond donors (Lipinski definition) is 2. The fourth-order valence-corrected chi connectivity index (χ4v) is 2.84. The SMILES string of the molecule is CCOc1cc([C@@H](N)c2ccsc2)cc(Br)c1O. The van der Waals surface area contributed by atoms with Crippen LogP contribution in [0.3, 0.4) is 0 Å². The van der Waals surface area contributed by atoms with Crippen molar-refractivity contribution in [2.75, 3.05) is 6.61 Å². The topological polar surface area (TPSA) is 55.5 Å². The van der Waals surface area contributed by atoms with Gasteiger partial charge in [-0.25, -0.2) is 0 Å². The largest absolute Gasteiger partial charge is 0.503 e. The van der Waals surface area contributed by atoms with Crippen molar-refractivity contribution < 1.29 is 9.84 Å². The third-order valence-electron chi connectivity index (χ3n) is 2.61. The fraction of sp³-hybridized carbons (Fsp3) is 0.231. The van der Waals surface area contributed by atoms with Gasteiger partial charge in [-0.15, -0.1) is 0 Å². The first-order valence-electron chi connectivity index (χ1n) is 5.56. The molecule has 0 aliphatic carbocycles. The number of hydrogen-bond acceptors (Lipinski definition) is 4. The molecule has 0 bridgehead atoms. The highest BCUT2D eigenvalue weighted by Gasteiger charge is 2.15. The lowest BCUT2D eigenvalue weighted by molar-refractivity contribution is 0.316. The summed E-state index contributed by atoms with van der Waals surface area (Å²) < 4.78 is 5.98. The summed E-state index contributed by atoms with van der Waals surface area (Å²) in [5, 5.41) is 13.9. The second kappa shape index (κ2) is 5.73. The maximum Gasteiger partial charge on any atom is 0.172 e. The minimum Gasteiger partial charge on any atom is -0.503 e. The molecule has 0 aliphatic rings. The van der Waals surface area contributed by atoms with E-state index in [1.807, 2.05) is 29.8 Å². The average molecular weight is 328 g/mol. The van der Waals surface area contributed by atoms with Crippen molar-refractivity contribution in [2.24, 2.45) is 5.73 Å². The Morgan fingerprint density at radius 1 is 1.44 bits per heavy atom. The van der Waals surface area contributed by atoms with E-state index in [0.29, 0.717) is 16.8 Å². The number of phenolic OH excluding ortho intramolecular Hbond substituents is 1. The van der Waals surface area contributed by atoms with E-state index in [1.54, 1.807) is 17.4 Å². The van der Waals surface area contributed by atoms with Crippen LogP contribution in [-0.4, -0.2) is 11.7 Å². The minimum absolute atomic E-state index is 0.109. The molecule has 1 aromatic heterocycles. The third kappa shape index (κ3) is 2.68. The monoisotopic (exact) mass is 327 g/mol. The zero-order chi connectivity index (χ0) is 13.1. The van der Waals surface area contributed by atoms with E-state index in [1.165, 1.54) is 0 Å². The molecule has 1 atom stereocenters. The molecule has 3 N–H and O–H groups in total. The number of ether oxygens (including phenoxy) is 1. The Morgan fingerprint density at radius 2 is 2.22 bits per heavy atom. The maximum absolute atomic E-state index is 9.85. The molecule has 2 aromatic rings. The van der Waals surface area contributed by atoms with E-state index in [4.69, 9.17) is 10.5 Å². The first-order chi connectivity index (χ1) is 8.63. The molecule has 1 aromatic carbocycles. The maximum atomic E-state index is 9.85. The molecular formula is C13H14BrNO2S. The van der Waals surface area contributed by atoms with Crippen LogP contribution in [0.1, 0.15) is 24.1 Å². The smallest absolute Gasteiger partial charge is 0.172 e. The third-order valence-corrected chi connectivity index (χ3v) is 3.92. The lowest BCUT2D eigenvalue weighted by Gasteiger charge is -2.14. The number of nitrogens with two attached hydrogens (primary N) is 1. The van der Waals surface area contributed by atoms with Crippen molar-refractivity contribution in [1.29, 1.82) is 0 Å². The van der Waals surface area contributed by atoms with Crippen LogP contribution in [0.25, 0.3) is 0 Å². The highest BCUT2D eigenvalue weighted by molar-refractivity contribution is 9.10. The summed E-state index contributed by atoms with van der Waals surface area (Å²) in [5.74, 6) is 0.561. The Hall–Kier alpha value is -1.04. The van der Waals surface area contributed by atoms with Crippen LogP contribution in [-0.2, 0) is 0 Å². The highest BCUT2D eigenvalue weighted by Crippen LogP contribution is 2.38. The van der Waals surface area contributed by atoms with Crippen molar-refractivity contribution >= 4 is 27.3 Å². The summed E-state index contributed by atoms with van der Waals surface area (Å²) in [7, 11) is 0. The van der Waals surface area contributed by atoms with Gasteiger partial charge in [-0.1, -0.05) is 0 Å². The molecule has 0 aliphatic heterocycles. The normalized spacial score (nSPS) is 12.4. The molecular weight excluding hydrogens is 314 g/mol. The van der Waals surface area contributed by atoms with Gasteiger partial charge in [0.25, 0.3) is 0 Å². The quantitative estimate of drug-likeness (QED) is 0.900. The van der Waals surface area contributed by atoms with Crippen molar-refractivity contribution in [3.63, 3.8) is 0 Å². The van der Waals surface area contributed by atoms with Gasteiger partial charge in [-0.3, -0.25) is 0 Å². The van der Waals surface area contributed by atoms with Crippen LogP contribution in [0.15, 0.2) is 33.4 Å².